The maximum Gasteiger partial charge on any atom is 0.325 e. The number of benzene rings is 1. The van der Waals surface area contributed by atoms with E-state index < -0.39 is 17.5 Å². The van der Waals surface area contributed by atoms with Crippen LogP contribution in [-0.4, -0.2) is 48.5 Å². The summed E-state index contributed by atoms with van der Waals surface area (Å²) in [5, 5.41) is 5.62. The van der Waals surface area contributed by atoms with Crippen LogP contribution in [0.4, 0.5) is 4.79 Å². The van der Waals surface area contributed by atoms with Crippen LogP contribution in [0.25, 0.3) is 0 Å². The highest BCUT2D eigenvalue weighted by Gasteiger charge is 2.49. The molecule has 8 nitrogen and oxygen atoms in total. The Kier molecular flexibility index (Phi) is 4.41. The highest BCUT2D eigenvalue weighted by molar-refractivity contribution is 6.09. The van der Waals surface area contributed by atoms with Gasteiger partial charge in [-0.2, -0.15) is 0 Å². The van der Waals surface area contributed by atoms with Crippen LogP contribution in [0.3, 0.4) is 0 Å². The van der Waals surface area contributed by atoms with Gasteiger partial charge < -0.3 is 20.1 Å². The van der Waals surface area contributed by atoms with Crippen molar-refractivity contribution in [3.8, 4) is 11.5 Å². The number of fused-ring (bicyclic) bond motifs is 1. The fourth-order valence-corrected chi connectivity index (χ4v) is 3.88. The number of rotatable bonds is 4. The van der Waals surface area contributed by atoms with Crippen molar-refractivity contribution in [3.63, 3.8) is 0 Å². The zero-order valence-corrected chi connectivity index (χ0v) is 15.2. The van der Waals surface area contributed by atoms with E-state index in [1.807, 2.05) is 0 Å². The largest absolute Gasteiger partial charge is 0.486 e. The summed E-state index contributed by atoms with van der Waals surface area (Å²) in [6.45, 7) is 2.26. The molecule has 4 amide bonds. The van der Waals surface area contributed by atoms with Crippen molar-refractivity contribution in [2.75, 3.05) is 19.8 Å². The van der Waals surface area contributed by atoms with Crippen molar-refractivity contribution in [1.29, 1.82) is 0 Å². The minimum Gasteiger partial charge on any atom is -0.486 e. The summed E-state index contributed by atoms with van der Waals surface area (Å²) in [5.74, 6) is 0.389. The number of carbonyl (C=O) groups excluding carboxylic acids is 3. The number of carbonyl (C=O) groups is 3. The van der Waals surface area contributed by atoms with Gasteiger partial charge in [-0.25, -0.2) is 4.79 Å². The molecule has 1 aliphatic carbocycles. The predicted molar refractivity (Wildman–Crippen MR) is 95.4 cm³/mol. The van der Waals surface area contributed by atoms with Crippen LogP contribution in [0.2, 0.25) is 0 Å². The third kappa shape index (κ3) is 3.20. The van der Waals surface area contributed by atoms with E-state index in [0.29, 0.717) is 30.3 Å². The van der Waals surface area contributed by atoms with Crippen LogP contribution < -0.4 is 20.1 Å². The van der Waals surface area contributed by atoms with Crippen molar-refractivity contribution in [2.45, 2.75) is 44.2 Å². The molecular weight excluding hydrogens is 350 g/mol. The predicted octanol–water partition coefficient (Wildman–Crippen LogP) is 1.28. The lowest BCUT2D eigenvalue weighted by atomic mass is 9.91. The summed E-state index contributed by atoms with van der Waals surface area (Å²) >= 11 is 0. The van der Waals surface area contributed by atoms with E-state index in [1.165, 1.54) is 0 Å². The normalized spacial score (nSPS) is 24.9. The first-order valence-corrected chi connectivity index (χ1v) is 9.31. The molecule has 2 N–H and O–H groups in total. The molecule has 1 atom stereocenters. The Morgan fingerprint density at radius 2 is 1.93 bits per heavy atom. The number of nitrogens with one attached hydrogen (secondary N) is 2. The molecule has 2 heterocycles. The third-order valence-corrected chi connectivity index (χ3v) is 5.42. The molecule has 0 radical (unpaired) electrons. The Balaban J connectivity index is 1.50. The molecule has 0 bridgehead atoms. The Hall–Kier alpha value is -2.77. The van der Waals surface area contributed by atoms with Crippen molar-refractivity contribution in [2.24, 2.45) is 0 Å². The molecule has 1 saturated carbocycles. The van der Waals surface area contributed by atoms with Crippen molar-refractivity contribution < 1.29 is 23.9 Å². The second-order valence-electron chi connectivity index (χ2n) is 7.35. The number of hydrogen-bond acceptors (Lipinski definition) is 5. The first-order valence-electron chi connectivity index (χ1n) is 9.31. The van der Waals surface area contributed by atoms with Gasteiger partial charge in [-0.3, -0.25) is 14.5 Å². The average Bonchev–Trinajstić information content (AvgIpc) is 3.24. The summed E-state index contributed by atoms with van der Waals surface area (Å²) in [5.41, 5.74) is -0.663. The molecule has 2 fully saturated rings. The fourth-order valence-electron chi connectivity index (χ4n) is 3.88. The van der Waals surface area contributed by atoms with Crippen LogP contribution in [0.1, 0.15) is 38.2 Å². The minimum atomic E-state index is -1.25. The van der Waals surface area contributed by atoms with Crippen molar-refractivity contribution in [1.82, 2.24) is 15.5 Å². The van der Waals surface area contributed by atoms with E-state index in [4.69, 9.17) is 9.47 Å². The molecule has 0 aromatic heterocycles. The molecular formula is C19H23N3O5. The van der Waals surface area contributed by atoms with E-state index in [0.717, 1.165) is 30.6 Å². The zero-order chi connectivity index (χ0) is 19.0. The molecule has 3 aliphatic rings. The number of hydrogen-bond donors (Lipinski definition) is 2. The lowest BCUT2D eigenvalue weighted by molar-refractivity contribution is -0.135. The van der Waals surface area contributed by atoms with Gasteiger partial charge in [-0.05, 0) is 37.5 Å². The van der Waals surface area contributed by atoms with E-state index in [-0.39, 0.29) is 18.5 Å². The molecule has 2 aliphatic heterocycles. The van der Waals surface area contributed by atoms with Crippen LogP contribution in [0.5, 0.6) is 11.5 Å². The van der Waals surface area contributed by atoms with Gasteiger partial charge in [0.25, 0.3) is 5.91 Å². The maximum atomic E-state index is 13.0. The third-order valence-electron chi connectivity index (χ3n) is 5.42. The smallest absolute Gasteiger partial charge is 0.325 e. The summed E-state index contributed by atoms with van der Waals surface area (Å²) in [4.78, 5) is 38.6. The van der Waals surface area contributed by atoms with E-state index in [2.05, 4.69) is 10.6 Å². The lowest BCUT2D eigenvalue weighted by Crippen LogP contribution is -2.45. The van der Waals surface area contributed by atoms with Gasteiger partial charge in [0, 0.05) is 6.04 Å². The van der Waals surface area contributed by atoms with Crippen LogP contribution in [0.15, 0.2) is 18.2 Å². The second-order valence-corrected chi connectivity index (χ2v) is 7.35. The molecule has 1 saturated heterocycles. The molecule has 144 valence electrons. The Morgan fingerprint density at radius 1 is 1.22 bits per heavy atom. The summed E-state index contributed by atoms with van der Waals surface area (Å²) < 4.78 is 11.1. The second kappa shape index (κ2) is 6.75. The molecule has 1 aromatic carbocycles. The minimum absolute atomic E-state index is 0.141. The summed E-state index contributed by atoms with van der Waals surface area (Å²) in [7, 11) is 0. The number of ether oxygens (including phenoxy) is 2. The Morgan fingerprint density at radius 3 is 2.67 bits per heavy atom. The topological polar surface area (TPSA) is 97.0 Å². The van der Waals surface area contributed by atoms with Gasteiger partial charge in [-0.15, -0.1) is 0 Å². The summed E-state index contributed by atoms with van der Waals surface area (Å²) in [6, 6.07) is 4.73. The Labute approximate surface area is 157 Å². The van der Waals surface area contributed by atoms with Crippen LogP contribution >= 0.6 is 0 Å². The number of imide groups is 1. The SMILES string of the molecule is C[C@]1(c2ccc3c(c2)OCCO3)NC(=O)N(CC(=O)NC2CCCC2)C1=O. The highest BCUT2D eigenvalue weighted by Crippen LogP contribution is 2.36. The lowest BCUT2D eigenvalue weighted by Gasteiger charge is -2.25. The first kappa shape index (κ1) is 17.6. The monoisotopic (exact) mass is 373 g/mol. The zero-order valence-electron chi connectivity index (χ0n) is 15.2. The molecule has 27 heavy (non-hydrogen) atoms. The van der Waals surface area contributed by atoms with E-state index >= 15 is 0 Å². The molecule has 4 rings (SSSR count). The molecule has 1 aromatic rings. The van der Waals surface area contributed by atoms with Gasteiger partial charge in [-0.1, -0.05) is 18.9 Å². The molecule has 0 spiro atoms. The van der Waals surface area contributed by atoms with Crippen LogP contribution in [-0.2, 0) is 15.1 Å². The van der Waals surface area contributed by atoms with Crippen molar-refractivity contribution in [3.05, 3.63) is 23.8 Å². The van der Waals surface area contributed by atoms with Crippen molar-refractivity contribution >= 4 is 17.8 Å². The quantitative estimate of drug-likeness (QED) is 0.775. The average molecular weight is 373 g/mol. The van der Waals surface area contributed by atoms with Crippen LogP contribution in [0, 0.1) is 0 Å². The fraction of sp³-hybridized carbons (Fsp3) is 0.526. The number of nitrogens with zero attached hydrogens (tertiary/aromatic N) is 1. The van der Waals surface area contributed by atoms with Gasteiger partial charge in [0.1, 0.15) is 25.3 Å². The standard InChI is InChI=1S/C19H23N3O5/c1-19(12-6-7-14-15(10-12)27-9-8-26-14)17(24)22(18(25)21-19)11-16(23)20-13-4-2-3-5-13/h6-7,10,13H,2-5,8-9,11H2,1H3,(H,20,23)(H,21,25)/t19-/m1/s1. The van der Waals surface area contributed by atoms with E-state index in [9.17, 15) is 14.4 Å². The van der Waals surface area contributed by atoms with Gasteiger partial charge >= 0.3 is 6.03 Å². The first-order chi connectivity index (χ1) is 13.0. The number of urea groups is 1. The molecule has 0 unspecified atom stereocenters. The number of amides is 4. The maximum absolute atomic E-state index is 13.0. The highest BCUT2D eigenvalue weighted by atomic mass is 16.6. The summed E-state index contributed by atoms with van der Waals surface area (Å²) in [6.07, 6.45) is 4.08. The van der Waals surface area contributed by atoms with Gasteiger partial charge in [0.2, 0.25) is 5.91 Å². The van der Waals surface area contributed by atoms with Gasteiger partial charge in [0.15, 0.2) is 11.5 Å². The van der Waals surface area contributed by atoms with E-state index in [1.54, 1.807) is 25.1 Å². The van der Waals surface area contributed by atoms with Gasteiger partial charge in [0.05, 0.1) is 0 Å². The Bertz CT molecular complexity index is 790. The molecule has 8 heteroatoms.